The minimum Gasteiger partial charge on any atom is -0.457 e. The molecule has 19 heavy (non-hydrogen) atoms. The summed E-state index contributed by atoms with van der Waals surface area (Å²) >= 11 is 5.91. The number of anilines is 2. The van der Waals surface area contributed by atoms with Crippen molar-refractivity contribution >= 4 is 28.9 Å². The molecule has 1 aromatic heterocycles. The second-order valence-electron chi connectivity index (χ2n) is 3.93. The van der Waals surface area contributed by atoms with Crippen LogP contribution in [0, 0.1) is 0 Å². The second-order valence-corrected chi connectivity index (χ2v) is 4.34. The van der Waals surface area contributed by atoms with Crippen LogP contribution < -0.4 is 11.5 Å². The number of carbonyl (C=O) groups excluding carboxylic acids is 1. The molecule has 2 rings (SSSR count). The fourth-order valence-electron chi connectivity index (χ4n) is 1.54. The molecule has 2 aromatic rings. The van der Waals surface area contributed by atoms with E-state index in [2.05, 4.69) is 4.98 Å². The van der Waals surface area contributed by atoms with Crippen LogP contribution in [0.3, 0.4) is 0 Å². The number of esters is 1. The van der Waals surface area contributed by atoms with Crippen molar-refractivity contribution in [3.05, 3.63) is 52.8 Å². The maximum atomic E-state index is 11.8. The van der Waals surface area contributed by atoms with E-state index in [9.17, 15) is 4.79 Å². The Morgan fingerprint density at radius 2 is 1.95 bits per heavy atom. The van der Waals surface area contributed by atoms with Crippen LogP contribution in [0.1, 0.15) is 15.9 Å². The van der Waals surface area contributed by atoms with Crippen molar-refractivity contribution in [2.45, 2.75) is 6.61 Å². The van der Waals surface area contributed by atoms with E-state index in [1.807, 2.05) is 0 Å². The van der Waals surface area contributed by atoms with Gasteiger partial charge in [-0.1, -0.05) is 11.6 Å². The SMILES string of the molecule is Nc1cc(N)cc(C(=O)OCc2ccncc2Cl)c1. The van der Waals surface area contributed by atoms with E-state index in [1.165, 1.54) is 18.3 Å². The van der Waals surface area contributed by atoms with Crippen LogP contribution in [0.15, 0.2) is 36.7 Å². The zero-order valence-corrected chi connectivity index (χ0v) is 10.7. The van der Waals surface area contributed by atoms with Crippen LogP contribution in [0.2, 0.25) is 5.02 Å². The van der Waals surface area contributed by atoms with Crippen molar-refractivity contribution in [3.8, 4) is 0 Å². The Morgan fingerprint density at radius 3 is 2.58 bits per heavy atom. The average molecular weight is 278 g/mol. The van der Waals surface area contributed by atoms with Crippen LogP contribution in [-0.2, 0) is 11.3 Å². The molecule has 1 aromatic carbocycles. The standard InChI is InChI=1S/C13H12ClN3O2/c14-12-6-17-2-1-8(12)7-19-13(18)9-3-10(15)5-11(16)4-9/h1-6H,7,15-16H2. The lowest BCUT2D eigenvalue weighted by atomic mass is 10.2. The number of rotatable bonds is 3. The van der Waals surface area contributed by atoms with Gasteiger partial charge >= 0.3 is 5.97 Å². The minimum absolute atomic E-state index is 0.0644. The lowest BCUT2D eigenvalue weighted by Gasteiger charge is -2.07. The van der Waals surface area contributed by atoms with Crippen LogP contribution in [0.25, 0.3) is 0 Å². The smallest absolute Gasteiger partial charge is 0.338 e. The highest BCUT2D eigenvalue weighted by Crippen LogP contribution is 2.17. The largest absolute Gasteiger partial charge is 0.457 e. The highest BCUT2D eigenvalue weighted by atomic mass is 35.5. The predicted octanol–water partition coefficient (Wildman–Crippen LogP) is 2.26. The molecular weight excluding hydrogens is 266 g/mol. The Kier molecular flexibility index (Phi) is 3.87. The first kappa shape index (κ1) is 13.2. The van der Waals surface area contributed by atoms with Gasteiger partial charge in [-0.2, -0.15) is 0 Å². The molecule has 98 valence electrons. The predicted molar refractivity (Wildman–Crippen MR) is 73.6 cm³/mol. The molecular formula is C13H12ClN3O2. The van der Waals surface area contributed by atoms with Crippen molar-refractivity contribution in [3.63, 3.8) is 0 Å². The third-order valence-corrected chi connectivity index (χ3v) is 2.77. The topological polar surface area (TPSA) is 91.2 Å². The maximum Gasteiger partial charge on any atom is 0.338 e. The fraction of sp³-hybridized carbons (Fsp3) is 0.0769. The molecule has 0 unspecified atom stereocenters. The maximum absolute atomic E-state index is 11.8. The van der Waals surface area contributed by atoms with Gasteiger partial charge in [0.2, 0.25) is 0 Å². The first-order valence-electron chi connectivity index (χ1n) is 5.48. The van der Waals surface area contributed by atoms with E-state index in [-0.39, 0.29) is 6.61 Å². The van der Waals surface area contributed by atoms with E-state index in [1.54, 1.807) is 18.3 Å². The summed E-state index contributed by atoms with van der Waals surface area (Å²) in [6.45, 7) is 0.0644. The lowest BCUT2D eigenvalue weighted by molar-refractivity contribution is 0.0473. The van der Waals surface area contributed by atoms with Gasteiger partial charge in [0.25, 0.3) is 0 Å². The molecule has 0 fully saturated rings. The molecule has 0 bridgehead atoms. The second kappa shape index (κ2) is 5.58. The Hall–Kier alpha value is -2.27. The third-order valence-electron chi connectivity index (χ3n) is 2.43. The van der Waals surface area contributed by atoms with Gasteiger partial charge < -0.3 is 16.2 Å². The number of nitrogens with zero attached hydrogens (tertiary/aromatic N) is 1. The Morgan fingerprint density at radius 1 is 1.26 bits per heavy atom. The highest BCUT2D eigenvalue weighted by molar-refractivity contribution is 6.31. The molecule has 0 saturated heterocycles. The first-order chi connectivity index (χ1) is 9.06. The number of nitrogen functional groups attached to an aromatic ring is 2. The summed E-state index contributed by atoms with van der Waals surface area (Å²) in [7, 11) is 0. The number of halogens is 1. The molecule has 0 aliphatic heterocycles. The van der Waals surface area contributed by atoms with Gasteiger partial charge in [0.15, 0.2) is 0 Å². The zero-order valence-electron chi connectivity index (χ0n) is 9.97. The van der Waals surface area contributed by atoms with E-state index < -0.39 is 5.97 Å². The third kappa shape index (κ3) is 3.35. The summed E-state index contributed by atoms with van der Waals surface area (Å²) in [5.41, 5.74) is 13.0. The Labute approximate surface area is 115 Å². The van der Waals surface area contributed by atoms with Crippen LogP contribution in [0.4, 0.5) is 11.4 Å². The summed E-state index contributed by atoms with van der Waals surface area (Å²) in [5, 5.41) is 0.447. The molecule has 0 atom stereocenters. The van der Waals surface area contributed by atoms with Crippen LogP contribution >= 0.6 is 11.6 Å². The van der Waals surface area contributed by atoms with Gasteiger partial charge in [-0.3, -0.25) is 4.98 Å². The summed E-state index contributed by atoms with van der Waals surface area (Å²) in [4.78, 5) is 15.7. The van der Waals surface area contributed by atoms with Gasteiger partial charge in [0.05, 0.1) is 10.6 Å². The van der Waals surface area contributed by atoms with Crippen molar-refractivity contribution < 1.29 is 9.53 Å². The average Bonchev–Trinajstić information content (AvgIpc) is 2.36. The van der Waals surface area contributed by atoms with Gasteiger partial charge in [-0.15, -0.1) is 0 Å². The van der Waals surface area contributed by atoms with E-state index in [4.69, 9.17) is 27.8 Å². The molecule has 0 amide bonds. The van der Waals surface area contributed by atoms with Gasteiger partial charge in [-0.25, -0.2) is 4.79 Å². The van der Waals surface area contributed by atoms with E-state index in [0.29, 0.717) is 27.5 Å². The van der Waals surface area contributed by atoms with Gasteiger partial charge in [-0.05, 0) is 24.3 Å². The number of aromatic nitrogens is 1. The van der Waals surface area contributed by atoms with E-state index >= 15 is 0 Å². The molecule has 1 heterocycles. The van der Waals surface area contributed by atoms with Gasteiger partial charge in [0, 0.05) is 29.3 Å². The van der Waals surface area contributed by atoms with Crippen molar-refractivity contribution in [1.82, 2.24) is 4.98 Å². The van der Waals surface area contributed by atoms with Crippen molar-refractivity contribution in [1.29, 1.82) is 0 Å². The molecule has 0 aliphatic carbocycles. The summed E-state index contributed by atoms with van der Waals surface area (Å²) in [6, 6.07) is 6.26. The van der Waals surface area contributed by atoms with Crippen LogP contribution in [0.5, 0.6) is 0 Å². The monoisotopic (exact) mass is 277 g/mol. The number of carbonyl (C=O) groups is 1. The first-order valence-corrected chi connectivity index (χ1v) is 5.85. The number of ether oxygens (including phenoxy) is 1. The van der Waals surface area contributed by atoms with E-state index in [0.717, 1.165) is 0 Å². The molecule has 0 aliphatic rings. The summed E-state index contributed by atoms with van der Waals surface area (Å²) in [5.74, 6) is -0.508. The van der Waals surface area contributed by atoms with Crippen LogP contribution in [-0.4, -0.2) is 11.0 Å². The number of pyridine rings is 1. The molecule has 0 spiro atoms. The molecule has 4 N–H and O–H groups in total. The highest BCUT2D eigenvalue weighted by Gasteiger charge is 2.10. The number of benzene rings is 1. The number of nitrogens with two attached hydrogens (primary N) is 2. The zero-order chi connectivity index (χ0) is 13.8. The van der Waals surface area contributed by atoms with Crippen molar-refractivity contribution in [2.75, 3.05) is 11.5 Å². The lowest BCUT2D eigenvalue weighted by Crippen LogP contribution is -2.07. The normalized spacial score (nSPS) is 10.2. The van der Waals surface area contributed by atoms with Crippen molar-refractivity contribution in [2.24, 2.45) is 0 Å². The fourth-order valence-corrected chi connectivity index (χ4v) is 1.72. The molecule has 0 saturated carbocycles. The number of hydrogen-bond acceptors (Lipinski definition) is 5. The quantitative estimate of drug-likeness (QED) is 0.663. The molecule has 0 radical (unpaired) electrons. The number of hydrogen-bond donors (Lipinski definition) is 2. The molecule has 5 nitrogen and oxygen atoms in total. The Bertz CT molecular complexity index is 596. The summed E-state index contributed by atoms with van der Waals surface area (Å²) in [6.07, 6.45) is 3.07. The Balaban J connectivity index is 2.08. The minimum atomic E-state index is -0.508. The molecule has 6 heteroatoms. The summed E-state index contributed by atoms with van der Waals surface area (Å²) < 4.78 is 5.14. The van der Waals surface area contributed by atoms with Gasteiger partial charge in [0.1, 0.15) is 6.61 Å².